The summed E-state index contributed by atoms with van der Waals surface area (Å²) in [5.41, 5.74) is 0.698. The molecule has 0 aromatic heterocycles. The van der Waals surface area contributed by atoms with Gasteiger partial charge in [-0.25, -0.2) is 9.79 Å². The van der Waals surface area contributed by atoms with Crippen LogP contribution < -0.4 is 0 Å². The number of rotatable bonds is 2. The van der Waals surface area contributed by atoms with Crippen molar-refractivity contribution in [2.24, 2.45) is 4.99 Å². The molecule has 0 aliphatic heterocycles. The van der Waals surface area contributed by atoms with Gasteiger partial charge in [0.1, 0.15) is 0 Å². The highest BCUT2D eigenvalue weighted by Crippen LogP contribution is 2.20. The highest BCUT2D eigenvalue weighted by atomic mass is 32.2. The Hall–Kier alpha value is -1.49. The van der Waals surface area contributed by atoms with Crippen molar-refractivity contribution in [1.82, 2.24) is 4.90 Å². The number of carbonyl (C=O) groups is 1. The molecule has 16 heavy (non-hydrogen) atoms. The highest BCUT2D eigenvalue weighted by molar-refractivity contribution is 8.13. The maximum atomic E-state index is 11.0. The second-order valence-electron chi connectivity index (χ2n) is 3.32. The van der Waals surface area contributed by atoms with Crippen molar-refractivity contribution in [2.75, 3.05) is 20.4 Å². The maximum absolute atomic E-state index is 11.0. The molecule has 1 N–H and O–H groups in total. The summed E-state index contributed by atoms with van der Waals surface area (Å²) in [6.07, 6.45) is 1.90. The summed E-state index contributed by atoms with van der Waals surface area (Å²) >= 11 is 1.48. The molecule has 1 rings (SSSR count). The number of benzene rings is 1. The summed E-state index contributed by atoms with van der Waals surface area (Å²) in [7, 11) is 3.75. The first-order valence-electron chi connectivity index (χ1n) is 4.68. The van der Waals surface area contributed by atoms with E-state index in [4.69, 9.17) is 5.11 Å². The minimum Gasteiger partial charge on any atom is -0.478 e. The van der Waals surface area contributed by atoms with Crippen molar-refractivity contribution in [3.05, 3.63) is 29.8 Å². The van der Waals surface area contributed by atoms with Gasteiger partial charge in [-0.05, 0) is 18.4 Å². The first kappa shape index (κ1) is 12.6. The zero-order chi connectivity index (χ0) is 12.1. The molecule has 0 aliphatic rings. The van der Waals surface area contributed by atoms with Crippen molar-refractivity contribution in [3.63, 3.8) is 0 Å². The van der Waals surface area contributed by atoms with Gasteiger partial charge in [-0.3, -0.25) is 0 Å². The van der Waals surface area contributed by atoms with Gasteiger partial charge in [-0.2, -0.15) is 0 Å². The van der Waals surface area contributed by atoms with Crippen molar-refractivity contribution in [1.29, 1.82) is 0 Å². The van der Waals surface area contributed by atoms with E-state index in [1.54, 1.807) is 24.3 Å². The highest BCUT2D eigenvalue weighted by Gasteiger charge is 2.09. The second kappa shape index (κ2) is 5.55. The van der Waals surface area contributed by atoms with Crippen molar-refractivity contribution >= 4 is 28.6 Å². The molecular formula is C11H14N2O2S. The van der Waals surface area contributed by atoms with Crippen LogP contribution in [0, 0.1) is 0 Å². The Kier molecular flexibility index (Phi) is 4.37. The first-order chi connectivity index (χ1) is 7.56. The summed E-state index contributed by atoms with van der Waals surface area (Å²) in [6, 6.07) is 6.72. The molecule has 0 amide bonds. The van der Waals surface area contributed by atoms with Gasteiger partial charge >= 0.3 is 5.97 Å². The van der Waals surface area contributed by atoms with Crippen LogP contribution in [-0.2, 0) is 0 Å². The van der Waals surface area contributed by atoms with Gasteiger partial charge in [0, 0.05) is 14.1 Å². The largest absolute Gasteiger partial charge is 0.478 e. The van der Waals surface area contributed by atoms with Crippen LogP contribution in [-0.4, -0.2) is 41.5 Å². The monoisotopic (exact) mass is 238 g/mol. The third-order valence-corrected chi connectivity index (χ3v) is 2.74. The molecule has 0 fully saturated rings. The molecule has 0 bridgehead atoms. The van der Waals surface area contributed by atoms with Gasteiger partial charge in [-0.1, -0.05) is 23.9 Å². The number of aromatic carboxylic acids is 1. The Labute approximate surface area is 99.0 Å². The van der Waals surface area contributed by atoms with E-state index in [-0.39, 0.29) is 5.56 Å². The fourth-order valence-corrected chi connectivity index (χ4v) is 1.74. The van der Waals surface area contributed by atoms with Crippen molar-refractivity contribution in [3.8, 4) is 0 Å². The zero-order valence-electron chi connectivity index (χ0n) is 9.47. The number of para-hydroxylation sites is 1. The number of aliphatic imine (C=N–C) groups is 1. The van der Waals surface area contributed by atoms with E-state index < -0.39 is 5.97 Å². The standard InChI is InChI=1S/C11H14N2O2S/c1-13(2)11(16-3)12-9-7-5-4-6-8(9)10(14)15/h4-7H,1-3H3,(H,14,15). The van der Waals surface area contributed by atoms with E-state index >= 15 is 0 Å². The van der Waals surface area contributed by atoms with Gasteiger partial charge in [0.05, 0.1) is 11.3 Å². The first-order valence-corrected chi connectivity index (χ1v) is 5.91. The quantitative estimate of drug-likeness (QED) is 0.634. The van der Waals surface area contributed by atoms with E-state index in [0.29, 0.717) is 5.69 Å². The van der Waals surface area contributed by atoms with E-state index in [0.717, 1.165) is 5.17 Å². The molecule has 0 unspecified atom stereocenters. The Balaban J connectivity index is 3.18. The minimum atomic E-state index is -0.960. The van der Waals surface area contributed by atoms with Crippen molar-refractivity contribution in [2.45, 2.75) is 0 Å². The van der Waals surface area contributed by atoms with Crippen LogP contribution >= 0.6 is 11.8 Å². The van der Waals surface area contributed by atoms with Gasteiger partial charge in [0.2, 0.25) is 0 Å². The summed E-state index contributed by atoms with van der Waals surface area (Å²) in [5.74, 6) is -0.960. The van der Waals surface area contributed by atoms with E-state index in [1.807, 2.05) is 25.3 Å². The van der Waals surface area contributed by atoms with Gasteiger partial charge in [0.25, 0.3) is 0 Å². The minimum absolute atomic E-state index is 0.218. The normalized spacial score (nSPS) is 11.3. The number of nitrogens with zero attached hydrogens (tertiary/aromatic N) is 2. The number of thioether (sulfide) groups is 1. The van der Waals surface area contributed by atoms with Gasteiger partial charge in [0.15, 0.2) is 5.17 Å². The van der Waals surface area contributed by atoms with Gasteiger partial charge in [-0.15, -0.1) is 0 Å². The molecule has 4 nitrogen and oxygen atoms in total. The Morgan fingerprint density at radius 1 is 1.38 bits per heavy atom. The lowest BCUT2D eigenvalue weighted by atomic mass is 10.2. The lowest BCUT2D eigenvalue weighted by Gasteiger charge is -2.13. The summed E-state index contributed by atoms with van der Waals surface area (Å²) in [6.45, 7) is 0. The predicted molar refractivity (Wildman–Crippen MR) is 67.7 cm³/mol. The molecule has 0 saturated heterocycles. The summed E-state index contributed by atoms with van der Waals surface area (Å²) in [5, 5.41) is 9.77. The van der Waals surface area contributed by atoms with Crippen LogP contribution in [0.4, 0.5) is 5.69 Å². The lowest BCUT2D eigenvalue weighted by Crippen LogP contribution is -2.18. The van der Waals surface area contributed by atoms with Gasteiger partial charge < -0.3 is 10.0 Å². The zero-order valence-corrected chi connectivity index (χ0v) is 10.3. The molecule has 1 aromatic rings. The van der Waals surface area contributed by atoms with Crippen LogP contribution in [0.2, 0.25) is 0 Å². The van der Waals surface area contributed by atoms with Crippen LogP contribution in [0.25, 0.3) is 0 Å². The fourth-order valence-electron chi connectivity index (χ4n) is 1.18. The third kappa shape index (κ3) is 3.00. The number of carboxylic acid groups (broad SMARTS) is 1. The molecular weight excluding hydrogens is 224 g/mol. The summed E-state index contributed by atoms with van der Waals surface area (Å²) < 4.78 is 0. The lowest BCUT2D eigenvalue weighted by molar-refractivity contribution is 0.0698. The molecule has 0 aliphatic carbocycles. The molecule has 1 aromatic carbocycles. The topological polar surface area (TPSA) is 52.9 Å². The van der Waals surface area contributed by atoms with Crippen LogP contribution in [0.15, 0.2) is 29.3 Å². The van der Waals surface area contributed by atoms with Crippen molar-refractivity contribution < 1.29 is 9.90 Å². The maximum Gasteiger partial charge on any atom is 0.337 e. The summed E-state index contributed by atoms with van der Waals surface area (Å²) in [4.78, 5) is 17.1. The number of hydrogen-bond donors (Lipinski definition) is 1. The molecule has 0 radical (unpaired) electrons. The Morgan fingerprint density at radius 3 is 2.50 bits per heavy atom. The number of hydrogen-bond acceptors (Lipinski definition) is 3. The average Bonchev–Trinajstić information content (AvgIpc) is 2.25. The van der Waals surface area contributed by atoms with Crippen LogP contribution in [0.5, 0.6) is 0 Å². The number of amidine groups is 1. The molecule has 5 heteroatoms. The molecule has 86 valence electrons. The Morgan fingerprint density at radius 2 is 2.00 bits per heavy atom. The third-order valence-electron chi connectivity index (χ3n) is 1.92. The molecule has 0 atom stereocenters. The van der Waals surface area contributed by atoms with E-state index in [9.17, 15) is 4.79 Å². The molecule has 0 saturated carbocycles. The van der Waals surface area contributed by atoms with E-state index in [2.05, 4.69) is 4.99 Å². The second-order valence-corrected chi connectivity index (χ2v) is 4.09. The fraction of sp³-hybridized carbons (Fsp3) is 0.273. The Bertz CT molecular complexity index is 416. The molecule has 0 spiro atoms. The smallest absolute Gasteiger partial charge is 0.337 e. The van der Waals surface area contributed by atoms with E-state index in [1.165, 1.54) is 11.8 Å². The number of carboxylic acids is 1. The predicted octanol–water partition coefficient (Wildman–Crippen LogP) is 2.30. The van der Waals surface area contributed by atoms with Crippen LogP contribution in [0.3, 0.4) is 0 Å². The SMILES string of the molecule is CSC(=Nc1ccccc1C(=O)O)N(C)C. The molecule has 0 heterocycles. The average molecular weight is 238 g/mol. The van der Waals surface area contributed by atoms with Crippen LogP contribution in [0.1, 0.15) is 10.4 Å².